The van der Waals surface area contributed by atoms with Crippen molar-refractivity contribution in [2.75, 3.05) is 0 Å². The topological polar surface area (TPSA) is 81.8 Å². The molecular formula is C3H8N3O. The summed E-state index contributed by atoms with van der Waals surface area (Å²) in [5.74, 6) is -0.275. The monoisotopic (exact) mass is 102 g/mol. The second kappa shape index (κ2) is 2.41. The smallest absolute Gasteiger partial charge is 0.187 e. The number of guanidine groups is 1. The van der Waals surface area contributed by atoms with Crippen LogP contribution in [0.1, 0.15) is 6.92 Å². The normalized spacial score (nSPS) is 12.9. The van der Waals surface area contributed by atoms with Crippen LogP contribution < -0.4 is 11.1 Å². The zero-order chi connectivity index (χ0) is 5.86. The van der Waals surface area contributed by atoms with Crippen LogP contribution in [-0.2, 0) is 5.11 Å². The van der Waals surface area contributed by atoms with Crippen LogP contribution in [0.3, 0.4) is 0 Å². The summed E-state index contributed by atoms with van der Waals surface area (Å²) in [5, 5.41) is 18.6. The summed E-state index contributed by atoms with van der Waals surface area (Å²) in [5.41, 5.74) is 4.77. The summed E-state index contributed by atoms with van der Waals surface area (Å²) in [6.07, 6.45) is -0.975. The third-order valence-corrected chi connectivity index (χ3v) is 0.359. The molecular weight excluding hydrogens is 94.1 g/mol. The number of hydrogen-bond donors (Lipinski definition) is 3. The van der Waals surface area contributed by atoms with Gasteiger partial charge in [0.25, 0.3) is 0 Å². The minimum absolute atomic E-state index is 0.275. The molecule has 0 aliphatic heterocycles. The van der Waals surface area contributed by atoms with Crippen LogP contribution in [0.25, 0.3) is 0 Å². The molecule has 0 spiro atoms. The molecule has 0 bridgehead atoms. The van der Waals surface area contributed by atoms with Gasteiger partial charge in [0.1, 0.15) is 0 Å². The van der Waals surface area contributed by atoms with E-state index in [4.69, 9.17) is 11.1 Å². The molecule has 0 heterocycles. The molecule has 0 fully saturated rings. The van der Waals surface area contributed by atoms with Crippen molar-refractivity contribution in [1.82, 2.24) is 5.32 Å². The van der Waals surface area contributed by atoms with Crippen LogP contribution in [0, 0.1) is 5.41 Å². The van der Waals surface area contributed by atoms with Gasteiger partial charge in [-0.15, -0.1) is 0 Å². The predicted molar refractivity (Wildman–Crippen MR) is 25.2 cm³/mol. The lowest BCUT2D eigenvalue weighted by Crippen LogP contribution is -2.36. The first-order valence-electron chi connectivity index (χ1n) is 1.89. The molecule has 0 aromatic heterocycles. The predicted octanol–water partition coefficient (Wildman–Crippen LogP) is -0.754. The van der Waals surface area contributed by atoms with E-state index in [1.807, 2.05) is 0 Å². The SMILES string of the molecule is CC([O])NC(=N)N. The van der Waals surface area contributed by atoms with Crippen LogP contribution in [-0.4, -0.2) is 12.2 Å². The fraction of sp³-hybridized carbons (Fsp3) is 0.667. The lowest BCUT2D eigenvalue weighted by atomic mass is 10.6. The first kappa shape index (κ1) is 6.23. The van der Waals surface area contributed by atoms with E-state index in [0.717, 1.165) is 0 Å². The van der Waals surface area contributed by atoms with Crippen LogP contribution in [0.5, 0.6) is 0 Å². The molecule has 7 heavy (non-hydrogen) atoms. The highest BCUT2D eigenvalue weighted by Crippen LogP contribution is 1.66. The van der Waals surface area contributed by atoms with Crippen molar-refractivity contribution in [3.63, 3.8) is 0 Å². The molecule has 4 nitrogen and oxygen atoms in total. The lowest BCUT2D eigenvalue weighted by Gasteiger charge is -2.00. The van der Waals surface area contributed by atoms with E-state index >= 15 is 0 Å². The summed E-state index contributed by atoms with van der Waals surface area (Å²) in [4.78, 5) is 0. The Kier molecular flexibility index (Phi) is 2.15. The third kappa shape index (κ3) is 5.23. The van der Waals surface area contributed by atoms with E-state index in [1.54, 1.807) is 0 Å². The second-order valence-corrected chi connectivity index (χ2v) is 1.20. The van der Waals surface area contributed by atoms with Crippen molar-refractivity contribution in [1.29, 1.82) is 5.41 Å². The van der Waals surface area contributed by atoms with Crippen LogP contribution >= 0.6 is 0 Å². The zero-order valence-corrected chi connectivity index (χ0v) is 4.06. The minimum atomic E-state index is -0.975. The van der Waals surface area contributed by atoms with Crippen molar-refractivity contribution in [2.24, 2.45) is 5.73 Å². The number of hydrogen-bond acceptors (Lipinski definition) is 1. The Morgan fingerprint density at radius 1 is 2.00 bits per heavy atom. The number of nitrogens with two attached hydrogens (primary N) is 1. The largest absolute Gasteiger partial charge is 0.370 e. The van der Waals surface area contributed by atoms with E-state index in [0.29, 0.717) is 0 Å². The molecule has 0 rings (SSSR count). The molecule has 1 unspecified atom stereocenters. The average molecular weight is 102 g/mol. The summed E-state index contributed by atoms with van der Waals surface area (Å²) in [6, 6.07) is 0. The molecule has 0 saturated heterocycles. The fourth-order valence-corrected chi connectivity index (χ4v) is 0.219. The van der Waals surface area contributed by atoms with E-state index in [9.17, 15) is 5.11 Å². The maximum absolute atomic E-state index is 10.0. The Morgan fingerprint density at radius 2 is 2.43 bits per heavy atom. The van der Waals surface area contributed by atoms with Gasteiger partial charge in [0.2, 0.25) is 0 Å². The maximum atomic E-state index is 10.0. The second-order valence-electron chi connectivity index (χ2n) is 1.20. The Morgan fingerprint density at radius 3 is 2.43 bits per heavy atom. The van der Waals surface area contributed by atoms with Crippen molar-refractivity contribution < 1.29 is 5.11 Å². The van der Waals surface area contributed by atoms with Crippen molar-refractivity contribution in [2.45, 2.75) is 13.2 Å². The summed E-state index contributed by atoms with van der Waals surface area (Å²) in [6.45, 7) is 1.38. The van der Waals surface area contributed by atoms with Gasteiger partial charge in [-0.2, -0.15) is 0 Å². The Hall–Kier alpha value is -0.770. The Bertz CT molecular complexity index is 70.6. The molecule has 0 aromatic rings. The standard InChI is InChI=1S/C3H8N3O/c1-2(7)6-3(4)5/h2H,1H3,(H4,4,5,6). The van der Waals surface area contributed by atoms with E-state index in [2.05, 4.69) is 5.32 Å². The molecule has 4 heteroatoms. The highest BCUT2D eigenvalue weighted by molar-refractivity contribution is 5.74. The first-order chi connectivity index (χ1) is 3.13. The van der Waals surface area contributed by atoms with E-state index in [1.165, 1.54) is 6.92 Å². The van der Waals surface area contributed by atoms with Crippen molar-refractivity contribution >= 4 is 5.96 Å². The number of nitrogens with one attached hydrogen (secondary N) is 2. The van der Waals surface area contributed by atoms with Crippen LogP contribution in [0.15, 0.2) is 0 Å². The molecule has 0 saturated carbocycles. The van der Waals surface area contributed by atoms with Gasteiger partial charge in [0.15, 0.2) is 12.2 Å². The zero-order valence-electron chi connectivity index (χ0n) is 4.06. The summed E-state index contributed by atoms with van der Waals surface area (Å²) < 4.78 is 0. The molecule has 0 aromatic carbocycles. The molecule has 1 atom stereocenters. The minimum Gasteiger partial charge on any atom is -0.370 e. The van der Waals surface area contributed by atoms with E-state index < -0.39 is 6.23 Å². The van der Waals surface area contributed by atoms with Gasteiger partial charge in [0, 0.05) is 0 Å². The highest BCUT2D eigenvalue weighted by Gasteiger charge is 1.92. The van der Waals surface area contributed by atoms with Gasteiger partial charge in [-0.1, -0.05) is 0 Å². The molecule has 41 valence electrons. The quantitative estimate of drug-likeness (QED) is 0.231. The van der Waals surface area contributed by atoms with Crippen LogP contribution in [0.2, 0.25) is 0 Å². The van der Waals surface area contributed by atoms with E-state index in [-0.39, 0.29) is 5.96 Å². The summed E-state index contributed by atoms with van der Waals surface area (Å²) in [7, 11) is 0. The molecule has 1 radical (unpaired) electrons. The first-order valence-corrected chi connectivity index (χ1v) is 1.89. The maximum Gasteiger partial charge on any atom is 0.187 e. The van der Waals surface area contributed by atoms with Crippen molar-refractivity contribution in [3.05, 3.63) is 0 Å². The van der Waals surface area contributed by atoms with Gasteiger partial charge in [-0.3, -0.25) is 5.41 Å². The molecule has 0 aliphatic rings. The average Bonchev–Trinajstić information content (AvgIpc) is 1.27. The fourth-order valence-electron chi connectivity index (χ4n) is 0.219. The highest BCUT2D eigenvalue weighted by atomic mass is 16.3. The lowest BCUT2D eigenvalue weighted by molar-refractivity contribution is 0.0926. The summed E-state index contributed by atoms with van der Waals surface area (Å²) >= 11 is 0. The van der Waals surface area contributed by atoms with Crippen LogP contribution in [0.4, 0.5) is 0 Å². The Balaban J connectivity index is 3.13. The van der Waals surface area contributed by atoms with Gasteiger partial charge >= 0.3 is 0 Å². The van der Waals surface area contributed by atoms with Crippen molar-refractivity contribution in [3.8, 4) is 0 Å². The van der Waals surface area contributed by atoms with Gasteiger partial charge in [0.05, 0.1) is 0 Å². The molecule has 0 aliphatic carbocycles. The molecule has 0 amide bonds. The molecule has 4 N–H and O–H groups in total. The Labute approximate surface area is 41.8 Å². The third-order valence-electron chi connectivity index (χ3n) is 0.359. The van der Waals surface area contributed by atoms with Gasteiger partial charge in [-0.05, 0) is 6.92 Å². The van der Waals surface area contributed by atoms with Gasteiger partial charge < -0.3 is 11.1 Å². The van der Waals surface area contributed by atoms with Gasteiger partial charge in [-0.25, -0.2) is 5.11 Å². The number of rotatable bonds is 1.